The molecule has 0 aliphatic rings. The minimum atomic E-state index is -0.835. The number of rotatable bonds is 13. The molecule has 0 heterocycles. The average Bonchev–Trinajstić information content (AvgIpc) is 2.81. The molecule has 2 rings (SSSR count). The van der Waals surface area contributed by atoms with Crippen LogP contribution in [0.1, 0.15) is 30.5 Å². The van der Waals surface area contributed by atoms with E-state index >= 15 is 0 Å². The lowest BCUT2D eigenvalue weighted by Gasteiger charge is -2.27. The van der Waals surface area contributed by atoms with Crippen LogP contribution < -0.4 is 26.8 Å². The van der Waals surface area contributed by atoms with Gasteiger partial charge in [-0.15, -0.1) is 0 Å². The fourth-order valence-electron chi connectivity index (χ4n) is 3.38. The lowest BCUT2D eigenvalue weighted by atomic mass is 9.77. The number of hydrogen-bond acceptors (Lipinski definition) is 9. The maximum Gasteiger partial charge on any atom is 0.122 e. The average molecular weight is 475 g/mol. The maximum atomic E-state index is 10.1. The molecule has 9 nitrogen and oxygen atoms in total. The van der Waals surface area contributed by atoms with Gasteiger partial charge in [-0.1, -0.05) is 38.1 Å². The third kappa shape index (κ3) is 7.89. The van der Waals surface area contributed by atoms with Gasteiger partial charge >= 0.3 is 0 Å². The monoisotopic (exact) mass is 474 g/mol. The van der Waals surface area contributed by atoms with Crippen LogP contribution in [0.25, 0.3) is 0 Å². The minimum Gasteiger partial charge on any atom is -0.491 e. The zero-order valence-corrected chi connectivity index (χ0v) is 20.1. The number of hydrazine groups is 1. The zero-order chi connectivity index (χ0) is 25.3. The van der Waals surface area contributed by atoms with E-state index in [1.54, 1.807) is 0 Å². The van der Waals surface area contributed by atoms with Gasteiger partial charge in [-0.05, 0) is 41.8 Å². The largest absolute Gasteiger partial charge is 0.491 e. The lowest BCUT2D eigenvalue weighted by Crippen LogP contribution is -2.37. The molecule has 0 spiro atoms. The molecule has 0 radical (unpaired) electrons. The molecule has 2 atom stereocenters. The van der Waals surface area contributed by atoms with Gasteiger partial charge in [0.25, 0.3) is 0 Å². The molecule has 0 amide bonds. The Kier molecular flexibility index (Phi) is 10.2. The van der Waals surface area contributed by atoms with Crippen LogP contribution >= 0.6 is 0 Å². The summed E-state index contributed by atoms with van der Waals surface area (Å²) in [5.41, 5.74) is 14.1. The normalized spacial score (nSPS) is 13.9. The zero-order valence-electron chi connectivity index (χ0n) is 20.1. The number of benzene rings is 2. The Hall–Kier alpha value is -2.82. The van der Waals surface area contributed by atoms with Crippen LogP contribution in [-0.2, 0) is 5.41 Å². The van der Waals surface area contributed by atoms with E-state index in [0.29, 0.717) is 5.75 Å². The lowest BCUT2D eigenvalue weighted by molar-refractivity contribution is 0.0815. The molecule has 2 aromatic rings. The molecule has 2 aromatic carbocycles. The van der Waals surface area contributed by atoms with Crippen molar-refractivity contribution in [3.63, 3.8) is 0 Å². The van der Waals surface area contributed by atoms with Crippen LogP contribution in [0.15, 0.2) is 54.4 Å². The molecular weight excluding hydrogens is 436 g/mol. The Morgan fingerprint density at radius 2 is 1.65 bits per heavy atom. The van der Waals surface area contributed by atoms with Crippen molar-refractivity contribution in [3.05, 3.63) is 71.1 Å². The van der Waals surface area contributed by atoms with E-state index in [0.717, 1.165) is 22.4 Å². The molecule has 0 saturated heterocycles. The fourth-order valence-corrected chi connectivity index (χ4v) is 3.38. The van der Waals surface area contributed by atoms with Gasteiger partial charge in [0.15, 0.2) is 0 Å². The second-order valence-electron chi connectivity index (χ2n) is 8.85. The van der Waals surface area contributed by atoms with Crippen LogP contribution in [0.2, 0.25) is 0 Å². The number of aliphatic hydroxyl groups excluding tert-OH is 3. The van der Waals surface area contributed by atoms with Gasteiger partial charge in [0, 0.05) is 18.2 Å². The Labute approximate surface area is 201 Å². The van der Waals surface area contributed by atoms with Gasteiger partial charge < -0.3 is 41.3 Å². The van der Waals surface area contributed by atoms with Crippen molar-refractivity contribution in [2.75, 3.05) is 32.9 Å². The highest BCUT2D eigenvalue weighted by Gasteiger charge is 2.24. The van der Waals surface area contributed by atoms with Crippen molar-refractivity contribution in [2.45, 2.75) is 38.4 Å². The van der Waals surface area contributed by atoms with Crippen molar-refractivity contribution in [3.8, 4) is 11.5 Å². The molecule has 0 saturated carbocycles. The summed E-state index contributed by atoms with van der Waals surface area (Å²) in [5.74, 6) is 7.08. The Balaban J connectivity index is 1.99. The SMILES string of the molecule is Cc1cc(C(C)(C)c2ccc(OC[C@@H](O)CN(N)/C=C(\N)CO)cc2)ccc1OC[C@@H](O)CN. The highest BCUT2D eigenvalue weighted by atomic mass is 16.5. The first kappa shape index (κ1) is 27.4. The molecule has 34 heavy (non-hydrogen) atoms. The van der Waals surface area contributed by atoms with Gasteiger partial charge in [0.2, 0.25) is 0 Å². The standard InChI is InChI=1S/C25H38N4O5/c1-17-10-19(6-9-24(17)34-15-21(31)11-26)25(2,3)18-4-7-23(8-5-18)33-16-22(32)13-29(28)12-20(27)14-30/h4-10,12,21-22,30-32H,11,13-16,26-28H2,1-3H3/b20-12-/t21-,22-/m0/s1. The summed E-state index contributed by atoms with van der Waals surface area (Å²) in [7, 11) is 0. The summed E-state index contributed by atoms with van der Waals surface area (Å²) in [6, 6.07) is 13.8. The van der Waals surface area contributed by atoms with Crippen LogP contribution in [0, 0.1) is 6.92 Å². The predicted octanol–water partition coefficient (Wildman–Crippen LogP) is 0.727. The molecule has 0 aliphatic heterocycles. The van der Waals surface area contributed by atoms with Gasteiger partial charge in [-0.3, -0.25) is 0 Å². The van der Waals surface area contributed by atoms with Gasteiger partial charge in [-0.2, -0.15) is 0 Å². The maximum absolute atomic E-state index is 10.1. The number of nitrogens with two attached hydrogens (primary N) is 3. The molecule has 0 aromatic heterocycles. The highest BCUT2D eigenvalue weighted by molar-refractivity contribution is 5.45. The van der Waals surface area contributed by atoms with Crippen molar-refractivity contribution < 1.29 is 24.8 Å². The summed E-state index contributed by atoms with van der Waals surface area (Å²) in [6.45, 7) is 6.43. The quantitative estimate of drug-likeness (QED) is 0.182. The van der Waals surface area contributed by atoms with Gasteiger partial charge in [0.1, 0.15) is 36.9 Å². The van der Waals surface area contributed by atoms with E-state index in [4.69, 9.17) is 31.9 Å². The summed E-state index contributed by atoms with van der Waals surface area (Å²) >= 11 is 0. The van der Waals surface area contributed by atoms with E-state index in [9.17, 15) is 10.2 Å². The van der Waals surface area contributed by atoms with Crippen LogP contribution in [-0.4, -0.2) is 65.4 Å². The Morgan fingerprint density at radius 1 is 1.03 bits per heavy atom. The van der Waals surface area contributed by atoms with Crippen molar-refractivity contribution in [1.29, 1.82) is 0 Å². The molecule has 9 heteroatoms. The molecular formula is C25H38N4O5. The topological polar surface area (TPSA) is 160 Å². The first-order valence-corrected chi connectivity index (χ1v) is 11.2. The van der Waals surface area contributed by atoms with Crippen LogP contribution in [0.4, 0.5) is 0 Å². The predicted molar refractivity (Wildman–Crippen MR) is 132 cm³/mol. The van der Waals surface area contributed by atoms with E-state index in [1.807, 2.05) is 43.3 Å². The summed E-state index contributed by atoms with van der Waals surface area (Å²) in [6.07, 6.45) is -0.156. The van der Waals surface area contributed by atoms with Crippen molar-refractivity contribution >= 4 is 0 Å². The van der Waals surface area contributed by atoms with Gasteiger partial charge in [0.05, 0.1) is 18.8 Å². The second-order valence-corrected chi connectivity index (χ2v) is 8.85. The number of nitrogens with zero attached hydrogens (tertiary/aromatic N) is 1. The van der Waals surface area contributed by atoms with Gasteiger partial charge in [-0.25, -0.2) is 5.84 Å². The fraction of sp³-hybridized carbons (Fsp3) is 0.440. The molecule has 188 valence electrons. The van der Waals surface area contributed by atoms with E-state index < -0.39 is 12.2 Å². The summed E-state index contributed by atoms with van der Waals surface area (Å²) in [4.78, 5) is 0. The number of hydrogen-bond donors (Lipinski definition) is 6. The molecule has 0 aliphatic carbocycles. The number of ether oxygens (including phenoxy) is 2. The Bertz CT molecular complexity index is 933. The van der Waals surface area contributed by atoms with Crippen LogP contribution in [0.3, 0.4) is 0 Å². The van der Waals surface area contributed by atoms with E-state index in [-0.39, 0.29) is 44.0 Å². The summed E-state index contributed by atoms with van der Waals surface area (Å²) in [5, 5.41) is 29.9. The van der Waals surface area contributed by atoms with E-state index in [2.05, 4.69) is 19.9 Å². The smallest absolute Gasteiger partial charge is 0.122 e. The first-order chi connectivity index (χ1) is 16.1. The van der Waals surface area contributed by atoms with Crippen LogP contribution in [0.5, 0.6) is 11.5 Å². The highest BCUT2D eigenvalue weighted by Crippen LogP contribution is 2.34. The molecule has 0 unspecified atom stereocenters. The van der Waals surface area contributed by atoms with E-state index in [1.165, 1.54) is 11.2 Å². The molecule has 0 fully saturated rings. The second kappa shape index (κ2) is 12.6. The summed E-state index contributed by atoms with van der Waals surface area (Å²) < 4.78 is 11.4. The number of aliphatic hydroxyl groups is 3. The third-order valence-corrected chi connectivity index (χ3v) is 5.55. The third-order valence-electron chi connectivity index (χ3n) is 5.55. The first-order valence-electron chi connectivity index (χ1n) is 11.2. The minimum absolute atomic E-state index is 0.0584. The molecule has 0 bridgehead atoms. The van der Waals surface area contributed by atoms with Crippen molar-refractivity contribution in [2.24, 2.45) is 17.3 Å². The van der Waals surface area contributed by atoms with Crippen molar-refractivity contribution in [1.82, 2.24) is 5.01 Å². The number of aryl methyl sites for hydroxylation is 1. The molecule has 9 N–H and O–H groups in total. The Morgan fingerprint density at radius 3 is 2.24 bits per heavy atom.